The van der Waals surface area contributed by atoms with Gasteiger partial charge in [-0.2, -0.15) is 0 Å². The number of rotatable bonds is 6. The Balaban J connectivity index is 1.62. The molecule has 1 fully saturated rings. The third kappa shape index (κ3) is 5.46. The Morgan fingerprint density at radius 3 is 2.09 bits per heavy atom. The molecule has 0 spiro atoms. The number of nitrogens with one attached hydrogen (secondary N) is 3. The minimum absolute atomic E-state index is 0.0397. The lowest BCUT2D eigenvalue weighted by atomic mass is 9.88. The molecule has 1 atom stereocenters. The number of piperidine rings is 1. The van der Waals surface area contributed by atoms with Gasteiger partial charge in [0.15, 0.2) is 5.84 Å². The van der Waals surface area contributed by atoms with Gasteiger partial charge in [-0.15, -0.1) is 5.11 Å². The average molecular weight is 434 g/mol. The summed E-state index contributed by atoms with van der Waals surface area (Å²) in [5.74, 6) is -0.119. The summed E-state index contributed by atoms with van der Waals surface area (Å²) in [5.41, 5.74) is 10.4. The normalized spacial score (nSPS) is 15.3. The van der Waals surface area contributed by atoms with Crippen molar-refractivity contribution in [2.45, 2.75) is 45.6 Å². The zero-order chi connectivity index (χ0) is 23.3. The highest BCUT2D eigenvalue weighted by atomic mass is 16.2. The van der Waals surface area contributed by atoms with E-state index in [0.717, 1.165) is 12.8 Å². The summed E-state index contributed by atoms with van der Waals surface area (Å²) in [6.45, 7) is 7.32. The minimum Gasteiger partial charge on any atom is -0.341 e. The number of aryl methyl sites for hydroxylation is 1. The molecule has 3 rings (SSSR count). The molecule has 7 nitrogen and oxygen atoms in total. The lowest BCUT2D eigenvalue weighted by molar-refractivity contribution is -0.135. The van der Waals surface area contributed by atoms with Crippen molar-refractivity contribution in [2.24, 2.45) is 11.0 Å². The van der Waals surface area contributed by atoms with Crippen molar-refractivity contribution < 1.29 is 9.59 Å². The van der Waals surface area contributed by atoms with E-state index in [1.165, 1.54) is 11.1 Å². The molecule has 1 heterocycles. The summed E-state index contributed by atoms with van der Waals surface area (Å²) < 4.78 is 0. The topological polar surface area (TPSA) is 109 Å². The number of nitrogens with zero attached hydrogens (tertiary/aromatic N) is 2. The van der Waals surface area contributed by atoms with E-state index < -0.39 is 6.04 Å². The van der Waals surface area contributed by atoms with E-state index in [0.29, 0.717) is 30.1 Å². The molecule has 2 amide bonds. The van der Waals surface area contributed by atoms with E-state index in [4.69, 9.17) is 10.9 Å². The monoisotopic (exact) mass is 433 g/mol. The van der Waals surface area contributed by atoms with Crippen LogP contribution in [0.25, 0.3) is 0 Å². The maximum absolute atomic E-state index is 13.2. The molecule has 0 unspecified atom stereocenters. The Kier molecular flexibility index (Phi) is 7.51. The Hall–Kier alpha value is -3.35. The summed E-state index contributed by atoms with van der Waals surface area (Å²) in [4.78, 5) is 27.9. The Labute approximate surface area is 189 Å². The van der Waals surface area contributed by atoms with Gasteiger partial charge in [0.2, 0.25) is 5.91 Å². The van der Waals surface area contributed by atoms with Crippen molar-refractivity contribution in [2.75, 3.05) is 13.1 Å². The third-order valence-electron chi connectivity index (χ3n) is 6.11. The molecule has 168 valence electrons. The van der Waals surface area contributed by atoms with Gasteiger partial charge in [-0.3, -0.25) is 15.0 Å². The van der Waals surface area contributed by atoms with Crippen LogP contribution in [0.15, 0.2) is 53.6 Å². The number of likely N-dealkylation sites (tertiary alicyclic amines) is 1. The zero-order valence-corrected chi connectivity index (χ0v) is 18.9. The summed E-state index contributed by atoms with van der Waals surface area (Å²) in [7, 11) is 0. The highest BCUT2D eigenvalue weighted by Crippen LogP contribution is 2.28. The Morgan fingerprint density at radius 1 is 1.00 bits per heavy atom. The quantitative estimate of drug-likeness (QED) is 0.354. The largest absolute Gasteiger partial charge is 0.341 e. The van der Waals surface area contributed by atoms with Crippen molar-refractivity contribution >= 4 is 17.6 Å². The minimum atomic E-state index is -0.598. The summed E-state index contributed by atoms with van der Waals surface area (Å²) in [6.07, 6.45) is 1.84. The Morgan fingerprint density at radius 2 is 1.56 bits per heavy atom. The van der Waals surface area contributed by atoms with Gasteiger partial charge < -0.3 is 10.2 Å². The van der Waals surface area contributed by atoms with Crippen molar-refractivity contribution in [1.29, 1.82) is 10.9 Å². The van der Waals surface area contributed by atoms with Crippen LogP contribution in [0.3, 0.4) is 0 Å². The molecule has 2 aromatic rings. The van der Waals surface area contributed by atoms with Crippen LogP contribution in [-0.2, 0) is 4.79 Å². The molecule has 0 radical (unpaired) electrons. The molecular weight excluding hydrogens is 402 g/mol. The van der Waals surface area contributed by atoms with Gasteiger partial charge in [-0.05, 0) is 49.3 Å². The number of carbonyl (C=O) groups is 2. The van der Waals surface area contributed by atoms with Crippen LogP contribution in [0.5, 0.6) is 0 Å². The van der Waals surface area contributed by atoms with E-state index in [-0.39, 0.29) is 23.6 Å². The van der Waals surface area contributed by atoms with Crippen LogP contribution in [0.4, 0.5) is 0 Å². The fourth-order valence-electron chi connectivity index (χ4n) is 4.05. The van der Waals surface area contributed by atoms with E-state index in [9.17, 15) is 9.59 Å². The molecule has 1 aliphatic heterocycles. The SMILES string of the molecule is Cc1ccc(C2CCN(C(=O)[C@H](NC(=O)c3ccc(C(=N)N=N)cc3)C(C)C)CC2)cc1. The molecule has 1 aliphatic rings. The van der Waals surface area contributed by atoms with Crippen molar-refractivity contribution in [3.63, 3.8) is 0 Å². The maximum Gasteiger partial charge on any atom is 0.251 e. The molecular formula is C25H31N5O2. The van der Waals surface area contributed by atoms with Crippen molar-refractivity contribution in [1.82, 2.24) is 10.2 Å². The van der Waals surface area contributed by atoms with Gasteiger partial charge in [0.25, 0.3) is 5.91 Å². The molecule has 32 heavy (non-hydrogen) atoms. The molecule has 0 aromatic heterocycles. The second kappa shape index (κ2) is 10.3. The van der Waals surface area contributed by atoms with Crippen LogP contribution in [0.1, 0.15) is 59.7 Å². The first-order valence-corrected chi connectivity index (χ1v) is 11.0. The van der Waals surface area contributed by atoms with E-state index in [1.807, 2.05) is 18.7 Å². The third-order valence-corrected chi connectivity index (χ3v) is 6.11. The first-order valence-electron chi connectivity index (χ1n) is 11.0. The van der Waals surface area contributed by atoms with Crippen LogP contribution in [-0.4, -0.2) is 41.7 Å². The van der Waals surface area contributed by atoms with Crippen LogP contribution in [0.2, 0.25) is 0 Å². The van der Waals surface area contributed by atoms with Gasteiger partial charge >= 0.3 is 0 Å². The molecule has 0 aliphatic carbocycles. The van der Waals surface area contributed by atoms with Crippen LogP contribution < -0.4 is 5.32 Å². The van der Waals surface area contributed by atoms with Crippen LogP contribution >= 0.6 is 0 Å². The standard InChI is InChI=1S/C25H31N5O2/c1-16(2)22(28-24(31)21-10-8-20(9-11-21)23(26)29-27)25(32)30-14-12-19(13-15-30)18-6-4-17(3)5-7-18/h4-11,16,19,22,26-27H,12-15H2,1-3H3,(H,28,31)/t22-/m1/s1. The second-order valence-electron chi connectivity index (χ2n) is 8.74. The lowest BCUT2D eigenvalue weighted by Crippen LogP contribution is -2.52. The van der Waals surface area contributed by atoms with E-state index in [1.54, 1.807) is 24.3 Å². The number of carbonyl (C=O) groups excluding carboxylic acids is 2. The number of hydrogen-bond acceptors (Lipinski definition) is 4. The van der Waals surface area contributed by atoms with Gasteiger partial charge in [0.05, 0.1) is 0 Å². The molecule has 0 saturated carbocycles. The summed E-state index contributed by atoms with van der Waals surface area (Å²) in [6, 6.07) is 14.4. The Bertz CT molecular complexity index is 974. The first kappa shape index (κ1) is 23.3. The van der Waals surface area contributed by atoms with Gasteiger partial charge in [-0.25, -0.2) is 5.53 Å². The zero-order valence-electron chi connectivity index (χ0n) is 18.9. The van der Waals surface area contributed by atoms with Crippen molar-refractivity contribution in [3.8, 4) is 0 Å². The second-order valence-corrected chi connectivity index (χ2v) is 8.74. The van der Waals surface area contributed by atoms with E-state index >= 15 is 0 Å². The van der Waals surface area contributed by atoms with Gasteiger partial charge in [-0.1, -0.05) is 55.8 Å². The average Bonchev–Trinajstić information content (AvgIpc) is 2.82. The maximum atomic E-state index is 13.2. The number of benzene rings is 2. The van der Waals surface area contributed by atoms with Crippen molar-refractivity contribution in [3.05, 3.63) is 70.8 Å². The molecule has 0 bridgehead atoms. The van der Waals surface area contributed by atoms with Gasteiger partial charge in [0, 0.05) is 24.2 Å². The number of hydrogen-bond donors (Lipinski definition) is 3. The first-order chi connectivity index (χ1) is 15.3. The summed E-state index contributed by atoms with van der Waals surface area (Å²) >= 11 is 0. The number of amides is 2. The lowest BCUT2D eigenvalue weighted by Gasteiger charge is -2.35. The predicted octanol–water partition coefficient (Wildman–Crippen LogP) is 4.51. The van der Waals surface area contributed by atoms with Gasteiger partial charge in [0.1, 0.15) is 6.04 Å². The number of amidine groups is 1. The smallest absolute Gasteiger partial charge is 0.251 e. The summed E-state index contributed by atoms with van der Waals surface area (Å²) in [5, 5.41) is 13.6. The van der Waals surface area contributed by atoms with Crippen LogP contribution in [0, 0.1) is 23.8 Å². The molecule has 1 saturated heterocycles. The molecule has 2 aromatic carbocycles. The molecule has 3 N–H and O–H groups in total. The van der Waals surface area contributed by atoms with E-state index in [2.05, 4.69) is 41.6 Å². The fourth-order valence-corrected chi connectivity index (χ4v) is 4.05. The highest BCUT2D eigenvalue weighted by molar-refractivity contribution is 6.00. The predicted molar refractivity (Wildman–Crippen MR) is 124 cm³/mol. The fraction of sp³-hybridized carbons (Fsp3) is 0.400. The highest BCUT2D eigenvalue weighted by Gasteiger charge is 2.31. The molecule has 7 heteroatoms.